The molecule has 110 valence electrons. The molecule has 1 aromatic carbocycles. The third kappa shape index (κ3) is 3.44. The second-order valence-electron chi connectivity index (χ2n) is 6.31. The highest BCUT2D eigenvalue weighted by Gasteiger charge is 2.25. The van der Waals surface area contributed by atoms with E-state index in [4.69, 9.17) is 9.47 Å². The normalized spacial score (nSPS) is 15.2. The minimum absolute atomic E-state index is 0.283. The highest BCUT2D eigenvalue weighted by atomic mass is 16.6. The van der Waals surface area contributed by atoms with E-state index in [1.165, 1.54) is 5.56 Å². The zero-order chi connectivity index (χ0) is 14.9. The van der Waals surface area contributed by atoms with Crippen LogP contribution in [0.3, 0.4) is 0 Å². The summed E-state index contributed by atoms with van der Waals surface area (Å²) in [6.07, 6.45) is -0.283. The number of carbonyl (C=O) groups excluding carboxylic acids is 1. The number of benzene rings is 1. The first-order valence-electron chi connectivity index (χ1n) is 6.97. The number of fused-ring (bicyclic) bond motifs is 1. The van der Waals surface area contributed by atoms with Crippen LogP contribution in [-0.4, -0.2) is 29.7 Å². The van der Waals surface area contributed by atoms with Crippen LogP contribution in [0.4, 0.5) is 4.79 Å². The number of nitrogens with zero attached hydrogens (tertiary/aromatic N) is 1. The van der Waals surface area contributed by atoms with Gasteiger partial charge in [-0.1, -0.05) is 6.07 Å². The van der Waals surface area contributed by atoms with E-state index < -0.39 is 5.60 Å². The van der Waals surface area contributed by atoms with Crippen molar-refractivity contribution in [2.24, 2.45) is 0 Å². The fraction of sp³-hybridized carbons (Fsp3) is 0.562. The Balaban J connectivity index is 2.22. The van der Waals surface area contributed by atoms with Crippen molar-refractivity contribution in [3.63, 3.8) is 0 Å². The van der Waals surface area contributed by atoms with Crippen LogP contribution in [0.25, 0.3) is 0 Å². The van der Waals surface area contributed by atoms with E-state index in [1.54, 1.807) is 4.90 Å². The van der Waals surface area contributed by atoms with Gasteiger partial charge in [-0.05, 0) is 51.8 Å². The van der Waals surface area contributed by atoms with Gasteiger partial charge in [0.05, 0.1) is 13.1 Å². The Hall–Kier alpha value is -1.71. The summed E-state index contributed by atoms with van der Waals surface area (Å²) in [5.74, 6) is 0.883. The standard InChI is InChI=1S/C16H23NO3/c1-11-8-12(2)13-10-17(6-7-19-14(13)9-11)15(18)20-16(3,4)5/h8-9H,6-7,10H2,1-5H3. The van der Waals surface area contributed by atoms with Crippen molar-refractivity contribution in [2.45, 2.75) is 46.8 Å². The van der Waals surface area contributed by atoms with Crippen LogP contribution in [0.5, 0.6) is 5.75 Å². The predicted molar refractivity (Wildman–Crippen MR) is 78.1 cm³/mol. The second kappa shape index (κ2) is 5.35. The van der Waals surface area contributed by atoms with E-state index >= 15 is 0 Å². The Morgan fingerprint density at radius 1 is 1.30 bits per heavy atom. The lowest BCUT2D eigenvalue weighted by molar-refractivity contribution is 0.0225. The molecule has 0 aromatic heterocycles. The molecule has 20 heavy (non-hydrogen) atoms. The molecule has 1 aliphatic heterocycles. The average Bonchev–Trinajstić information content (AvgIpc) is 2.49. The van der Waals surface area contributed by atoms with Crippen LogP contribution in [0.15, 0.2) is 12.1 Å². The lowest BCUT2D eigenvalue weighted by Crippen LogP contribution is -2.37. The molecular weight excluding hydrogens is 254 g/mol. The van der Waals surface area contributed by atoms with Crippen molar-refractivity contribution in [1.29, 1.82) is 0 Å². The molecule has 2 rings (SSSR count). The molecule has 1 amide bonds. The van der Waals surface area contributed by atoms with Crippen LogP contribution < -0.4 is 4.74 Å². The minimum Gasteiger partial charge on any atom is -0.491 e. The van der Waals surface area contributed by atoms with Gasteiger partial charge in [0, 0.05) is 5.56 Å². The van der Waals surface area contributed by atoms with Crippen LogP contribution >= 0.6 is 0 Å². The fourth-order valence-electron chi connectivity index (χ4n) is 2.31. The van der Waals surface area contributed by atoms with Gasteiger partial charge in [-0.2, -0.15) is 0 Å². The Bertz CT molecular complexity index is 517. The van der Waals surface area contributed by atoms with E-state index in [0.717, 1.165) is 16.9 Å². The topological polar surface area (TPSA) is 38.8 Å². The average molecular weight is 277 g/mol. The summed E-state index contributed by atoms with van der Waals surface area (Å²) in [6.45, 7) is 11.3. The third-order valence-electron chi connectivity index (χ3n) is 3.20. The van der Waals surface area contributed by atoms with Gasteiger partial charge in [0.2, 0.25) is 0 Å². The van der Waals surface area contributed by atoms with Gasteiger partial charge in [0.15, 0.2) is 0 Å². The Kier molecular flexibility index (Phi) is 3.93. The summed E-state index contributed by atoms with van der Waals surface area (Å²) in [5, 5.41) is 0. The smallest absolute Gasteiger partial charge is 0.410 e. The summed E-state index contributed by atoms with van der Waals surface area (Å²) in [4.78, 5) is 13.9. The molecule has 0 fully saturated rings. The molecule has 1 aromatic rings. The van der Waals surface area contributed by atoms with Crippen molar-refractivity contribution in [3.8, 4) is 5.75 Å². The van der Waals surface area contributed by atoms with E-state index in [1.807, 2.05) is 40.7 Å². The molecule has 0 radical (unpaired) electrons. The summed E-state index contributed by atoms with van der Waals surface area (Å²) in [6, 6.07) is 4.14. The molecule has 0 atom stereocenters. The molecule has 1 aliphatic rings. The van der Waals surface area contributed by atoms with Crippen molar-refractivity contribution in [3.05, 3.63) is 28.8 Å². The number of aryl methyl sites for hydroxylation is 2. The maximum absolute atomic E-state index is 12.2. The third-order valence-corrected chi connectivity index (χ3v) is 3.20. The van der Waals surface area contributed by atoms with Gasteiger partial charge in [0.25, 0.3) is 0 Å². The largest absolute Gasteiger partial charge is 0.491 e. The van der Waals surface area contributed by atoms with Gasteiger partial charge in [0.1, 0.15) is 18.0 Å². The molecular formula is C16H23NO3. The summed E-state index contributed by atoms with van der Waals surface area (Å²) >= 11 is 0. The molecule has 0 aliphatic carbocycles. The predicted octanol–water partition coefficient (Wildman–Crippen LogP) is 3.43. The number of amides is 1. The SMILES string of the molecule is Cc1cc(C)c2c(c1)OCCN(C(=O)OC(C)(C)C)C2. The van der Waals surface area contributed by atoms with Gasteiger partial charge < -0.3 is 14.4 Å². The maximum atomic E-state index is 12.2. The highest BCUT2D eigenvalue weighted by Crippen LogP contribution is 2.28. The fourth-order valence-corrected chi connectivity index (χ4v) is 2.31. The Labute approximate surface area is 120 Å². The van der Waals surface area contributed by atoms with E-state index in [0.29, 0.717) is 19.7 Å². The minimum atomic E-state index is -0.477. The molecule has 0 spiro atoms. The summed E-state index contributed by atoms with van der Waals surface area (Å²) < 4.78 is 11.2. The lowest BCUT2D eigenvalue weighted by atomic mass is 10.0. The molecule has 1 heterocycles. The summed E-state index contributed by atoms with van der Waals surface area (Å²) in [7, 11) is 0. The van der Waals surface area contributed by atoms with Crippen LogP contribution in [0.1, 0.15) is 37.5 Å². The van der Waals surface area contributed by atoms with Crippen molar-refractivity contribution in [2.75, 3.05) is 13.2 Å². The van der Waals surface area contributed by atoms with E-state index in [2.05, 4.69) is 6.07 Å². The number of hydrogen-bond donors (Lipinski definition) is 0. The lowest BCUT2D eigenvalue weighted by Gasteiger charge is -2.26. The number of carbonyl (C=O) groups is 1. The van der Waals surface area contributed by atoms with Crippen LogP contribution in [-0.2, 0) is 11.3 Å². The molecule has 0 saturated heterocycles. The Morgan fingerprint density at radius 3 is 2.65 bits per heavy atom. The first kappa shape index (κ1) is 14.7. The maximum Gasteiger partial charge on any atom is 0.410 e. The number of hydrogen-bond acceptors (Lipinski definition) is 3. The monoisotopic (exact) mass is 277 g/mol. The van der Waals surface area contributed by atoms with Gasteiger partial charge >= 0.3 is 6.09 Å². The van der Waals surface area contributed by atoms with Crippen LogP contribution in [0, 0.1) is 13.8 Å². The first-order valence-corrected chi connectivity index (χ1v) is 6.97. The van der Waals surface area contributed by atoms with Crippen LogP contribution in [0.2, 0.25) is 0 Å². The van der Waals surface area contributed by atoms with Gasteiger partial charge in [-0.25, -0.2) is 4.79 Å². The van der Waals surface area contributed by atoms with E-state index in [9.17, 15) is 4.79 Å². The van der Waals surface area contributed by atoms with Crippen molar-refractivity contribution in [1.82, 2.24) is 4.90 Å². The van der Waals surface area contributed by atoms with Crippen molar-refractivity contribution >= 4 is 6.09 Å². The number of ether oxygens (including phenoxy) is 2. The highest BCUT2D eigenvalue weighted by molar-refractivity contribution is 5.68. The molecule has 0 unspecified atom stereocenters. The van der Waals surface area contributed by atoms with Crippen molar-refractivity contribution < 1.29 is 14.3 Å². The van der Waals surface area contributed by atoms with Gasteiger partial charge in [-0.15, -0.1) is 0 Å². The molecule has 0 N–H and O–H groups in total. The molecule has 4 heteroatoms. The summed E-state index contributed by atoms with van der Waals surface area (Å²) in [5.41, 5.74) is 2.91. The zero-order valence-electron chi connectivity index (χ0n) is 12.9. The number of rotatable bonds is 0. The zero-order valence-corrected chi connectivity index (χ0v) is 12.9. The molecule has 0 bridgehead atoms. The Morgan fingerprint density at radius 2 is 2.00 bits per heavy atom. The first-order chi connectivity index (χ1) is 9.26. The molecule has 4 nitrogen and oxygen atoms in total. The second-order valence-corrected chi connectivity index (χ2v) is 6.31. The quantitative estimate of drug-likeness (QED) is 0.729. The van der Waals surface area contributed by atoms with Gasteiger partial charge in [-0.3, -0.25) is 0 Å². The van der Waals surface area contributed by atoms with E-state index in [-0.39, 0.29) is 6.09 Å². The molecule has 0 saturated carbocycles.